The minimum absolute atomic E-state index is 0.341. The second-order valence-electron chi connectivity index (χ2n) is 13.1. The van der Waals surface area contributed by atoms with Gasteiger partial charge >= 0.3 is 0 Å². The molecule has 0 aromatic heterocycles. The van der Waals surface area contributed by atoms with Crippen molar-refractivity contribution in [2.24, 2.45) is 0 Å². The fourth-order valence-electron chi connectivity index (χ4n) is 5.29. The predicted molar refractivity (Wildman–Crippen MR) is 184 cm³/mol. The first-order chi connectivity index (χ1) is 20.7. The molecule has 3 aliphatic heterocycles. The molecule has 0 unspecified atom stereocenters. The Kier molecular flexibility index (Phi) is 18.6. The standard InChI is InChI=1S/C11H15NO2.C11H17N.C8H17N.C7H15N/c1-8(2)12-6-9-4-3-5-10-11(9)14-7-13-10;1-10(2)12-9-8-11-6-4-3-5-7-11;1-8(2)9-6-4-3-5-7-9;1-7(2)8-5-3-4-6-8/h3-5,8,12H,6-7H2,1-2H3;3-7,10,12H,8-9H2,1-2H3;8H,3-7H2,1-2H3;7H,3-6H2,1-2H3. The normalized spacial score (nSPS) is 16.5. The van der Waals surface area contributed by atoms with Gasteiger partial charge in [-0.15, -0.1) is 0 Å². The van der Waals surface area contributed by atoms with Gasteiger partial charge in [-0.25, -0.2) is 0 Å². The van der Waals surface area contributed by atoms with E-state index in [9.17, 15) is 0 Å². The molecule has 0 aliphatic carbocycles. The van der Waals surface area contributed by atoms with Gasteiger partial charge in [-0.2, -0.15) is 0 Å². The quantitative estimate of drug-likeness (QED) is 0.312. The third-order valence-electron chi connectivity index (χ3n) is 7.98. The first kappa shape index (κ1) is 37.1. The second-order valence-corrected chi connectivity index (χ2v) is 13.1. The first-order valence-corrected chi connectivity index (χ1v) is 17.0. The van der Waals surface area contributed by atoms with Gasteiger partial charge < -0.3 is 29.9 Å². The van der Waals surface area contributed by atoms with E-state index in [0.717, 1.165) is 48.7 Å². The Morgan fingerprint density at radius 2 is 1.19 bits per heavy atom. The summed E-state index contributed by atoms with van der Waals surface area (Å²) in [4.78, 5) is 5.09. The van der Waals surface area contributed by atoms with E-state index in [2.05, 4.69) is 112 Å². The van der Waals surface area contributed by atoms with Crippen LogP contribution in [-0.2, 0) is 13.0 Å². The number of hydrogen-bond acceptors (Lipinski definition) is 6. The number of benzene rings is 2. The van der Waals surface area contributed by atoms with Crippen molar-refractivity contribution >= 4 is 0 Å². The maximum Gasteiger partial charge on any atom is 0.231 e. The highest BCUT2D eigenvalue weighted by molar-refractivity contribution is 5.48. The molecule has 244 valence electrons. The van der Waals surface area contributed by atoms with E-state index in [0.29, 0.717) is 18.9 Å². The number of fused-ring (bicyclic) bond motifs is 1. The number of likely N-dealkylation sites (tertiary alicyclic amines) is 2. The Hall–Kier alpha value is -2.12. The largest absolute Gasteiger partial charge is 0.454 e. The van der Waals surface area contributed by atoms with E-state index in [1.54, 1.807) is 0 Å². The van der Waals surface area contributed by atoms with E-state index in [1.165, 1.54) is 63.8 Å². The number of rotatable bonds is 9. The Morgan fingerprint density at radius 1 is 0.628 bits per heavy atom. The summed E-state index contributed by atoms with van der Waals surface area (Å²) >= 11 is 0. The Morgan fingerprint density at radius 3 is 1.70 bits per heavy atom. The Balaban J connectivity index is 0.000000205. The predicted octanol–water partition coefficient (Wildman–Crippen LogP) is 7.51. The zero-order valence-corrected chi connectivity index (χ0v) is 28.8. The zero-order chi connectivity index (χ0) is 31.5. The van der Waals surface area contributed by atoms with E-state index >= 15 is 0 Å². The lowest BCUT2D eigenvalue weighted by molar-refractivity contribution is 0.173. The van der Waals surface area contributed by atoms with Crippen molar-refractivity contribution in [2.75, 3.05) is 39.5 Å². The summed E-state index contributed by atoms with van der Waals surface area (Å²) in [5.74, 6) is 1.74. The third-order valence-corrected chi connectivity index (χ3v) is 7.98. The Bertz CT molecular complexity index is 952. The monoisotopic (exact) mass is 597 g/mol. The van der Waals surface area contributed by atoms with Crippen molar-refractivity contribution in [1.29, 1.82) is 0 Å². The smallest absolute Gasteiger partial charge is 0.231 e. The highest BCUT2D eigenvalue weighted by Gasteiger charge is 2.17. The van der Waals surface area contributed by atoms with Crippen LogP contribution in [0.2, 0.25) is 0 Å². The summed E-state index contributed by atoms with van der Waals surface area (Å²) in [7, 11) is 0. The van der Waals surface area contributed by atoms with Crippen LogP contribution in [0.4, 0.5) is 0 Å². The summed E-state index contributed by atoms with van der Waals surface area (Å²) in [6.07, 6.45) is 8.23. The third kappa shape index (κ3) is 16.0. The van der Waals surface area contributed by atoms with Crippen molar-refractivity contribution < 1.29 is 9.47 Å². The summed E-state index contributed by atoms with van der Waals surface area (Å²) in [6.45, 7) is 25.3. The van der Waals surface area contributed by atoms with Crippen LogP contribution in [0.3, 0.4) is 0 Å². The van der Waals surface area contributed by atoms with Crippen LogP contribution in [0, 0.1) is 0 Å². The van der Waals surface area contributed by atoms with E-state index < -0.39 is 0 Å². The van der Waals surface area contributed by atoms with Gasteiger partial charge in [0.1, 0.15) is 0 Å². The van der Waals surface area contributed by atoms with Gasteiger partial charge in [-0.1, -0.05) is 76.6 Å². The lowest BCUT2D eigenvalue weighted by Gasteiger charge is -2.29. The number of piperidine rings is 1. The highest BCUT2D eigenvalue weighted by Crippen LogP contribution is 2.35. The van der Waals surface area contributed by atoms with Gasteiger partial charge in [-0.3, -0.25) is 0 Å². The summed E-state index contributed by atoms with van der Waals surface area (Å²) in [5.41, 5.74) is 2.57. The van der Waals surface area contributed by atoms with Gasteiger partial charge in [0.05, 0.1) is 0 Å². The summed E-state index contributed by atoms with van der Waals surface area (Å²) < 4.78 is 10.7. The SMILES string of the molecule is CC(C)N1CCCC1.CC(C)N1CCCCC1.CC(C)NCCc1ccccc1.CC(C)NCc1cccc2c1OCO2. The van der Waals surface area contributed by atoms with Crippen LogP contribution in [0.15, 0.2) is 48.5 Å². The van der Waals surface area contributed by atoms with Crippen LogP contribution in [0.1, 0.15) is 98.6 Å². The average molecular weight is 597 g/mol. The van der Waals surface area contributed by atoms with E-state index in [1.807, 2.05) is 12.1 Å². The molecule has 2 aromatic rings. The fraction of sp³-hybridized carbons (Fsp3) is 0.676. The second kappa shape index (κ2) is 21.6. The van der Waals surface area contributed by atoms with Crippen LogP contribution >= 0.6 is 0 Å². The molecular formula is C37H64N4O2. The molecule has 0 atom stereocenters. The van der Waals surface area contributed by atoms with Crippen LogP contribution in [-0.4, -0.2) is 73.5 Å². The number of ether oxygens (including phenoxy) is 2. The molecule has 6 nitrogen and oxygen atoms in total. The molecule has 0 amide bonds. The van der Waals surface area contributed by atoms with Crippen molar-refractivity contribution in [2.45, 2.75) is 125 Å². The highest BCUT2D eigenvalue weighted by atomic mass is 16.7. The number of nitrogens with one attached hydrogen (secondary N) is 2. The summed E-state index contributed by atoms with van der Waals surface area (Å²) in [6, 6.07) is 19.2. The Labute approximate surface area is 264 Å². The van der Waals surface area contributed by atoms with Gasteiger partial charge in [0, 0.05) is 36.3 Å². The van der Waals surface area contributed by atoms with E-state index in [-0.39, 0.29) is 0 Å². The molecule has 0 spiro atoms. The fourth-order valence-corrected chi connectivity index (χ4v) is 5.29. The van der Waals surface area contributed by atoms with E-state index in [4.69, 9.17) is 9.47 Å². The topological polar surface area (TPSA) is 49.0 Å². The molecule has 3 aliphatic rings. The number of para-hydroxylation sites is 1. The molecule has 0 bridgehead atoms. The van der Waals surface area contributed by atoms with Gasteiger partial charge in [0.15, 0.2) is 11.5 Å². The minimum Gasteiger partial charge on any atom is -0.454 e. The number of nitrogens with zero attached hydrogens (tertiary/aromatic N) is 2. The van der Waals surface area contributed by atoms with Crippen molar-refractivity contribution in [1.82, 2.24) is 20.4 Å². The zero-order valence-electron chi connectivity index (χ0n) is 28.8. The van der Waals surface area contributed by atoms with Crippen LogP contribution < -0.4 is 20.1 Å². The van der Waals surface area contributed by atoms with Gasteiger partial charge in [0.25, 0.3) is 0 Å². The van der Waals surface area contributed by atoms with Crippen LogP contribution in [0.5, 0.6) is 11.5 Å². The molecule has 5 rings (SSSR count). The average Bonchev–Trinajstić information content (AvgIpc) is 3.71. The molecule has 43 heavy (non-hydrogen) atoms. The molecule has 2 N–H and O–H groups in total. The molecule has 0 saturated carbocycles. The van der Waals surface area contributed by atoms with Gasteiger partial charge in [-0.05, 0) is 104 Å². The molecule has 6 heteroatoms. The molecule has 2 aromatic carbocycles. The maximum atomic E-state index is 5.40. The molecule has 2 saturated heterocycles. The summed E-state index contributed by atoms with van der Waals surface area (Å²) in [5, 5.41) is 6.75. The molecule has 2 fully saturated rings. The lowest BCUT2D eigenvalue weighted by Crippen LogP contribution is -2.35. The molecule has 3 heterocycles. The van der Waals surface area contributed by atoms with Crippen LogP contribution in [0.25, 0.3) is 0 Å². The van der Waals surface area contributed by atoms with Crippen molar-refractivity contribution in [3.8, 4) is 11.5 Å². The molecular weight excluding hydrogens is 532 g/mol. The number of hydrogen-bond donors (Lipinski definition) is 2. The van der Waals surface area contributed by atoms with Crippen molar-refractivity contribution in [3.05, 3.63) is 59.7 Å². The van der Waals surface area contributed by atoms with Crippen molar-refractivity contribution in [3.63, 3.8) is 0 Å². The van der Waals surface area contributed by atoms with Gasteiger partial charge in [0.2, 0.25) is 6.79 Å². The lowest BCUT2D eigenvalue weighted by atomic mass is 10.1. The maximum absolute atomic E-state index is 5.40. The first-order valence-electron chi connectivity index (χ1n) is 17.0. The minimum atomic E-state index is 0.341. The molecule has 0 radical (unpaired) electrons.